The van der Waals surface area contributed by atoms with E-state index in [1.807, 2.05) is 12.1 Å². The first kappa shape index (κ1) is 13.9. The van der Waals surface area contributed by atoms with Crippen molar-refractivity contribution in [2.45, 2.75) is 25.8 Å². The predicted octanol–water partition coefficient (Wildman–Crippen LogP) is 3.33. The summed E-state index contributed by atoms with van der Waals surface area (Å²) in [6, 6.07) is 8.43. The third-order valence-electron chi connectivity index (χ3n) is 3.92. The molecule has 1 atom stereocenters. The van der Waals surface area contributed by atoms with Crippen LogP contribution in [0.3, 0.4) is 0 Å². The van der Waals surface area contributed by atoms with Crippen molar-refractivity contribution in [2.24, 2.45) is 5.92 Å². The van der Waals surface area contributed by atoms with Crippen molar-refractivity contribution in [2.75, 3.05) is 26.7 Å². The summed E-state index contributed by atoms with van der Waals surface area (Å²) in [5.74, 6) is 0.811. The van der Waals surface area contributed by atoms with E-state index in [1.54, 1.807) is 0 Å². The minimum Gasteiger partial charge on any atom is -0.310 e. The second kappa shape index (κ2) is 6.55. The molecule has 1 fully saturated rings. The third kappa shape index (κ3) is 3.71. The highest BCUT2D eigenvalue weighted by atomic mass is 35.5. The van der Waals surface area contributed by atoms with E-state index in [1.165, 1.54) is 31.5 Å². The summed E-state index contributed by atoms with van der Waals surface area (Å²) < 4.78 is 0. The number of benzene rings is 1. The van der Waals surface area contributed by atoms with Crippen LogP contribution in [-0.4, -0.2) is 31.6 Å². The fraction of sp³-hybridized carbons (Fsp3) is 0.600. The van der Waals surface area contributed by atoms with E-state index in [0.717, 1.165) is 17.5 Å². The molecule has 1 saturated heterocycles. The minimum absolute atomic E-state index is 0.332. The number of likely N-dealkylation sites (tertiary alicyclic amines) is 1. The molecule has 0 amide bonds. The normalized spacial score (nSPS) is 19.9. The molecule has 1 heterocycles. The van der Waals surface area contributed by atoms with E-state index in [9.17, 15) is 0 Å². The van der Waals surface area contributed by atoms with Gasteiger partial charge < -0.3 is 10.2 Å². The second-order valence-corrected chi connectivity index (χ2v) is 5.81. The highest BCUT2D eigenvalue weighted by Gasteiger charge is 2.17. The zero-order chi connectivity index (χ0) is 13.0. The topological polar surface area (TPSA) is 15.3 Å². The molecule has 1 aliphatic heterocycles. The average Bonchev–Trinajstić information content (AvgIpc) is 2.38. The molecule has 3 heteroatoms. The van der Waals surface area contributed by atoms with Crippen LogP contribution in [0.1, 0.15) is 31.4 Å². The summed E-state index contributed by atoms with van der Waals surface area (Å²) in [4.78, 5) is 2.41. The molecule has 2 rings (SSSR count). The van der Waals surface area contributed by atoms with Crippen LogP contribution in [0.5, 0.6) is 0 Å². The Morgan fingerprint density at radius 2 is 2.00 bits per heavy atom. The maximum atomic E-state index is 6.21. The Hall–Kier alpha value is -0.570. The Balaban J connectivity index is 1.81. The summed E-state index contributed by atoms with van der Waals surface area (Å²) in [6.07, 6.45) is 2.61. The van der Waals surface area contributed by atoms with E-state index in [0.29, 0.717) is 6.04 Å². The molecule has 0 radical (unpaired) electrons. The molecule has 0 bridgehead atoms. The third-order valence-corrected chi connectivity index (χ3v) is 4.27. The largest absolute Gasteiger partial charge is 0.310 e. The molecule has 1 unspecified atom stereocenters. The fourth-order valence-corrected chi connectivity index (χ4v) is 2.85. The van der Waals surface area contributed by atoms with Gasteiger partial charge in [-0.25, -0.2) is 0 Å². The molecule has 1 aromatic carbocycles. The van der Waals surface area contributed by atoms with Gasteiger partial charge in [-0.05, 0) is 64.0 Å². The van der Waals surface area contributed by atoms with Crippen molar-refractivity contribution in [3.63, 3.8) is 0 Å². The van der Waals surface area contributed by atoms with Crippen molar-refractivity contribution in [3.8, 4) is 0 Å². The molecule has 18 heavy (non-hydrogen) atoms. The maximum Gasteiger partial charge on any atom is 0.0453 e. The molecule has 0 saturated carbocycles. The van der Waals surface area contributed by atoms with Crippen LogP contribution < -0.4 is 5.32 Å². The van der Waals surface area contributed by atoms with Gasteiger partial charge in [-0.1, -0.05) is 29.8 Å². The first-order valence-electron chi connectivity index (χ1n) is 6.83. The molecule has 1 N–H and O–H groups in total. The Kier molecular flexibility index (Phi) is 5.04. The standard InChI is InChI=1S/C15H23ClN2/c1-12(14-5-3-4-6-15(14)16)17-11-13-7-9-18(2)10-8-13/h3-6,12-13,17H,7-11H2,1-2H3. The summed E-state index contributed by atoms with van der Waals surface area (Å²) in [6.45, 7) is 5.75. The minimum atomic E-state index is 0.332. The Bertz CT molecular complexity index is 373. The number of rotatable bonds is 4. The van der Waals surface area contributed by atoms with Crippen LogP contribution in [0, 0.1) is 5.92 Å². The van der Waals surface area contributed by atoms with Crippen LogP contribution in [0.15, 0.2) is 24.3 Å². The summed E-state index contributed by atoms with van der Waals surface area (Å²) >= 11 is 6.21. The molecule has 100 valence electrons. The highest BCUT2D eigenvalue weighted by Crippen LogP contribution is 2.23. The SMILES string of the molecule is CC(NCC1CCN(C)CC1)c1ccccc1Cl. The van der Waals surface area contributed by atoms with Crippen molar-refractivity contribution < 1.29 is 0 Å². The van der Waals surface area contributed by atoms with Crippen LogP contribution in [0.2, 0.25) is 5.02 Å². The fourth-order valence-electron chi connectivity index (χ4n) is 2.55. The first-order chi connectivity index (χ1) is 8.66. The lowest BCUT2D eigenvalue weighted by Gasteiger charge is -2.30. The van der Waals surface area contributed by atoms with Crippen LogP contribution in [0.25, 0.3) is 0 Å². The number of hydrogen-bond donors (Lipinski definition) is 1. The van der Waals surface area contributed by atoms with Gasteiger partial charge in [-0.2, -0.15) is 0 Å². The Morgan fingerprint density at radius 3 is 2.67 bits per heavy atom. The zero-order valence-electron chi connectivity index (χ0n) is 11.3. The second-order valence-electron chi connectivity index (χ2n) is 5.40. The lowest BCUT2D eigenvalue weighted by Crippen LogP contribution is -2.35. The molecule has 1 aliphatic rings. The summed E-state index contributed by atoms with van der Waals surface area (Å²) in [5, 5.41) is 4.48. The number of piperidine rings is 1. The number of nitrogens with zero attached hydrogens (tertiary/aromatic N) is 1. The van der Waals surface area contributed by atoms with Gasteiger partial charge >= 0.3 is 0 Å². The molecular weight excluding hydrogens is 244 g/mol. The number of halogens is 1. The lowest BCUT2D eigenvalue weighted by atomic mass is 9.96. The molecule has 0 aliphatic carbocycles. The average molecular weight is 267 g/mol. The van der Waals surface area contributed by atoms with Gasteiger partial charge in [0, 0.05) is 11.1 Å². The van der Waals surface area contributed by atoms with Gasteiger partial charge in [0.1, 0.15) is 0 Å². The summed E-state index contributed by atoms with van der Waals surface area (Å²) in [7, 11) is 2.20. The maximum absolute atomic E-state index is 6.21. The number of nitrogens with one attached hydrogen (secondary N) is 1. The van der Waals surface area contributed by atoms with Gasteiger partial charge in [0.2, 0.25) is 0 Å². The van der Waals surface area contributed by atoms with Crippen molar-refractivity contribution in [3.05, 3.63) is 34.9 Å². The van der Waals surface area contributed by atoms with Gasteiger partial charge in [0.05, 0.1) is 0 Å². The lowest BCUT2D eigenvalue weighted by molar-refractivity contribution is 0.213. The van der Waals surface area contributed by atoms with E-state index >= 15 is 0 Å². The number of hydrogen-bond acceptors (Lipinski definition) is 2. The van der Waals surface area contributed by atoms with E-state index < -0.39 is 0 Å². The Morgan fingerprint density at radius 1 is 1.33 bits per heavy atom. The quantitative estimate of drug-likeness (QED) is 0.899. The molecule has 2 nitrogen and oxygen atoms in total. The van der Waals surface area contributed by atoms with Crippen molar-refractivity contribution >= 4 is 11.6 Å². The van der Waals surface area contributed by atoms with Crippen molar-refractivity contribution in [1.82, 2.24) is 10.2 Å². The highest BCUT2D eigenvalue weighted by molar-refractivity contribution is 6.31. The molecule has 0 spiro atoms. The van der Waals surface area contributed by atoms with Crippen LogP contribution >= 0.6 is 11.6 Å². The first-order valence-corrected chi connectivity index (χ1v) is 7.21. The zero-order valence-corrected chi connectivity index (χ0v) is 12.1. The van der Waals surface area contributed by atoms with Gasteiger partial charge in [-0.3, -0.25) is 0 Å². The van der Waals surface area contributed by atoms with Crippen LogP contribution in [0.4, 0.5) is 0 Å². The summed E-state index contributed by atoms with van der Waals surface area (Å²) in [5.41, 5.74) is 1.20. The monoisotopic (exact) mass is 266 g/mol. The van der Waals surface area contributed by atoms with Crippen LogP contribution in [-0.2, 0) is 0 Å². The predicted molar refractivity (Wildman–Crippen MR) is 78.1 cm³/mol. The van der Waals surface area contributed by atoms with E-state index in [-0.39, 0.29) is 0 Å². The van der Waals surface area contributed by atoms with Gasteiger partial charge in [0.25, 0.3) is 0 Å². The molecule has 0 aromatic heterocycles. The van der Waals surface area contributed by atoms with E-state index in [4.69, 9.17) is 11.6 Å². The van der Waals surface area contributed by atoms with E-state index in [2.05, 4.69) is 36.3 Å². The van der Waals surface area contributed by atoms with Gasteiger partial charge in [0.15, 0.2) is 0 Å². The smallest absolute Gasteiger partial charge is 0.0453 e. The Labute approximate surface area is 115 Å². The van der Waals surface area contributed by atoms with Crippen molar-refractivity contribution in [1.29, 1.82) is 0 Å². The molecular formula is C15H23ClN2. The van der Waals surface area contributed by atoms with Gasteiger partial charge in [-0.15, -0.1) is 0 Å². The molecule has 1 aromatic rings.